The summed E-state index contributed by atoms with van der Waals surface area (Å²) in [7, 11) is 1.52. The molecule has 2 saturated heterocycles. The van der Waals surface area contributed by atoms with Crippen LogP contribution < -0.4 is 5.32 Å². The van der Waals surface area contributed by atoms with Crippen molar-refractivity contribution in [3.63, 3.8) is 0 Å². The topological polar surface area (TPSA) is 99.1 Å². The zero-order valence-electron chi connectivity index (χ0n) is 12.5. The van der Waals surface area contributed by atoms with Gasteiger partial charge in [0, 0.05) is 23.8 Å². The largest absolute Gasteiger partial charge is 0.477 e. The number of hydrogen-bond acceptors (Lipinski definition) is 6. The Morgan fingerprint density at radius 2 is 2.27 bits per heavy atom. The van der Waals surface area contributed by atoms with Crippen LogP contribution in [0, 0.1) is 5.92 Å². The van der Waals surface area contributed by atoms with Crippen molar-refractivity contribution in [2.75, 3.05) is 20.2 Å². The van der Waals surface area contributed by atoms with Gasteiger partial charge in [0.15, 0.2) is 0 Å². The number of aliphatic hydroxyl groups is 1. The van der Waals surface area contributed by atoms with Crippen molar-refractivity contribution >= 4 is 23.6 Å². The third-order valence-corrected chi connectivity index (χ3v) is 5.93. The molecule has 2 fully saturated rings. The summed E-state index contributed by atoms with van der Waals surface area (Å²) in [6.45, 7) is 3.28. The molecule has 1 unspecified atom stereocenters. The second-order valence-electron chi connectivity index (χ2n) is 5.87. The van der Waals surface area contributed by atoms with Crippen LogP contribution in [-0.4, -0.2) is 70.7 Å². The number of carboxylic acids is 1. The Kier molecular flexibility index (Phi) is 4.19. The SMILES string of the molecule is COC1C(S[C@H]2CCNC2)=C(C(=O)O)N2C(=O)[C@H]([C@@H](C)O)[C@H]12. The van der Waals surface area contributed by atoms with Gasteiger partial charge in [0.2, 0.25) is 5.91 Å². The van der Waals surface area contributed by atoms with Crippen LogP contribution in [0.25, 0.3) is 0 Å². The number of nitrogens with one attached hydrogen (secondary N) is 1. The number of rotatable bonds is 5. The molecule has 3 heterocycles. The Hall–Kier alpha value is -1.09. The van der Waals surface area contributed by atoms with Crippen molar-refractivity contribution in [3.8, 4) is 0 Å². The van der Waals surface area contributed by atoms with Gasteiger partial charge in [-0.05, 0) is 19.9 Å². The van der Waals surface area contributed by atoms with Gasteiger partial charge < -0.3 is 20.3 Å². The maximum Gasteiger partial charge on any atom is 0.353 e. The maximum atomic E-state index is 12.2. The Morgan fingerprint density at radius 3 is 2.77 bits per heavy atom. The van der Waals surface area contributed by atoms with Crippen molar-refractivity contribution in [2.24, 2.45) is 5.92 Å². The quantitative estimate of drug-likeness (QED) is 0.591. The number of hydrogen-bond donors (Lipinski definition) is 3. The van der Waals surface area contributed by atoms with Crippen LogP contribution in [0.5, 0.6) is 0 Å². The highest BCUT2D eigenvalue weighted by Gasteiger charge is 2.62. The van der Waals surface area contributed by atoms with Gasteiger partial charge >= 0.3 is 5.97 Å². The van der Waals surface area contributed by atoms with Crippen molar-refractivity contribution < 1.29 is 24.5 Å². The third-order valence-electron chi connectivity index (χ3n) is 4.52. The minimum Gasteiger partial charge on any atom is -0.477 e. The van der Waals surface area contributed by atoms with Crippen molar-refractivity contribution in [2.45, 2.75) is 36.8 Å². The molecule has 5 atom stereocenters. The molecule has 0 saturated carbocycles. The standard InChI is InChI=1S/C14H20N2O5S/c1-6(17)8-9-11(21-2)12(22-7-3-4-15-5-7)10(14(19)20)16(9)13(8)18/h6-9,11,15,17H,3-5H2,1-2H3,(H,19,20)/t6-,7+,8-,9-,11?/m1/s1. The van der Waals surface area contributed by atoms with Crippen molar-refractivity contribution in [3.05, 3.63) is 10.6 Å². The fraction of sp³-hybridized carbons (Fsp3) is 0.714. The van der Waals surface area contributed by atoms with Crippen LogP contribution in [0.15, 0.2) is 10.6 Å². The average molecular weight is 328 g/mol. The first-order valence-electron chi connectivity index (χ1n) is 7.36. The lowest BCUT2D eigenvalue weighted by Gasteiger charge is -2.46. The van der Waals surface area contributed by atoms with Gasteiger partial charge in [-0.1, -0.05) is 0 Å². The van der Waals surface area contributed by atoms with Crippen LogP contribution in [-0.2, 0) is 14.3 Å². The third kappa shape index (κ3) is 2.25. The summed E-state index contributed by atoms with van der Waals surface area (Å²) in [6.07, 6.45) is -0.344. The summed E-state index contributed by atoms with van der Waals surface area (Å²) >= 11 is 1.48. The number of ether oxygens (including phenoxy) is 1. The number of aliphatic hydroxyl groups excluding tert-OH is 1. The number of carboxylic acid groups (broad SMARTS) is 1. The summed E-state index contributed by atoms with van der Waals surface area (Å²) in [6, 6.07) is -0.416. The fourth-order valence-electron chi connectivity index (χ4n) is 3.50. The van der Waals surface area contributed by atoms with E-state index in [2.05, 4.69) is 5.32 Å². The average Bonchev–Trinajstić information content (AvgIpc) is 3.03. The molecule has 122 valence electrons. The van der Waals surface area contributed by atoms with E-state index in [-0.39, 0.29) is 16.9 Å². The fourth-order valence-corrected chi connectivity index (χ4v) is 4.96. The number of carbonyl (C=O) groups excluding carboxylic acids is 1. The molecule has 22 heavy (non-hydrogen) atoms. The molecular weight excluding hydrogens is 308 g/mol. The molecule has 3 aliphatic rings. The molecule has 3 rings (SSSR count). The van der Waals surface area contributed by atoms with E-state index in [1.54, 1.807) is 6.92 Å². The highest BCUT2D eigenvalue weighted by Crippen LogP contribution is 2.49. The molecule has 3 N–H and O–H groups in total. The van der Waals surface area contributed by atoms with Crippen LogP contribution in [0.3, 0.4) is 0 Å². The lowest BCUT2D eigenvalue weighted by Crippen LogP contribution is -2.65. The minimum absolute atomic E-state index is 0.0238. The highest BCUT2D eigenvalue weighted by molar-refractivity contribution is 8.03. The molecule has 3 aliphatic heterocycles. The van der Waals surface area contributed by atoms with Crippen LogP contribution in [0.2, 0.25) is 0 Å². The van der Waals surface area contributed by atoms with Crippen LogP contribution in [0.4, 0.5) is 0 Å². The molecule has 1 amide bonds. The Bertz CT molecular complexity index is 529. The van der Waals surface area contributed by atoms with Gasteiger partial charge in [-0.3, -0.25) is 9.69 Å². The van der Waals surface area contributed by atoms with E-state index >= 15 is 0 Å². The summed E-state index contributed by atoms with van der Waals surface area (Å²) in [5.74, 6) is -2.05. The van der Waals surface area contributed by atoms with E-state index in [0.717, 1.165) is 19.5 Å². The summed E-state index contributed by atoms with van der Waals surface area (Å²) in [4.78, 5) is 25.8. The van der Waals surface area contributed by atoms with E-state index in [4.69, 9.17) is 4.74 Å². The summed E-state index contributed by atoms with van der Waals surface area (Å²) in [5, 5.41) is 22.9. The number of fused-ring (bicyclic) bond motifs is 1. The predicted molar refractivity (Wildman–Crippen MR) is 80.1 cm³/mol. The Morgan fingerprint density at radius 1 is 1.55 bits per heavy atom. The van der Waals surface area contributed by atoms with Gasteiger partial charge in [-0.25, -0.2) is 4.79 Å². The van der Waals surface area contributed by atoms with Crippen LogP contribution >= 0.6 is 11.8 Å². The Labute approximate surface area is 132 Å². The molecule has 0 aromatic heterocycles. The number of thioether (sulfide) groups is 1. The number of methoxy groups -OCH3 is 1. The molecule has 0 aromatic carbocycles. The zero-order valence-corrected chi connectivity index (χ0v) is 13.3. The molecule has 0 radical (unpaired) electrons. The van der Waals surface area contributed by atoms with E-state index < -0.39 is 30.1 Å². The van der Waals surface area contributed by atoms with Crippen molar-refractivity contribution in [1.82, 2.24) is 10.2 Å². The molecule has 0 aromatic rings. The van der Waals surface area contributed by atoms with Gasteiger partial charge in [0.25, 0.3) is 0 Å². The van der Waals surface area contributed by atoms with Crippen molar-refractivity contribution in [1.29, 1.82) is 0 Å². The number of amides is 1. The van der Waals surface area contributed by atoms with E-state index in [1.165, 1.54) is 23.8 Å². The molecule has 0 spiro atoms. The molecule has 0 bridgehead atoms. The van der Waals surface area contributed by atoms with Gasteiger partial charge in [0.1, 0.15) is 11.8 Å². The number of β-lactam (4-membered cyclic amide) rings is 1. The summed E-state index contributed by atoms with van der Waals surface area (Å²) < 4.78 is 5.51. The number of carbonyl (C=O) groups is 2. The lowest BCUT2D eigenvalue weighted by molar-refractivity contribution is -0.166. The summed E-state index contributed by atoms with van der Waals surface area (Å²) in [5.41, 5.74) is 0.0238. The maximum absolute atomic E-state index is 12.2. The first-order valence-corrected chi connectivity index (χ1v) is 8.24. The predicted octanol–water partition coefficient (Wildman–Crippen LogP) is -0.386. The first kappa shape index (κ1) is 15.8. The van der Waals surface area contributed by atoms with Crippen LogP contribution in [0.1, 0.15) is 13.3 Å². The zero-order chi connectivity index (χ0) is 16.0. The molecule has 7 nitrogen and oxygen atoms in total. The normalized spacial score (nSPS) is 35.6. The monoisotopic (exact) mass is 328 g/mol. The minimum atomic E-state index is -1.12. The van der Waals surface area contributed by atoms with E-state index in [0.29, 0.717) is 4.91 Å². The number of aliphatic carboxylic acids is 1. The Balaban J connectivity index is 1.93. The second-order valence-corrected chi connectivity index (χ2v) is 7.21. The molecule has 0 aliphatic carbocycles. The second kappa shape index (κ2) is 5.84. The molecular formula is C14H20N2O5S. The van der Waals surface area contributed by atoms with Gasteiger partial charge in [0.05, 0.1) is 18.1 Å². The number of nitrogens with zero attached hydrogens (tertiary/aromatic N) is 1. The highest BCUT2D eigenvalue weighted by atomic mass is 32.2. The van der Waals surface area contributed by atoms with E-state index in [1.807, 2.05) is 0 Å². The van der Waals surface area contributed by atoms with Gasteiger partial charge in [-0.15, -0.1) is 11.8 Å². The first-order chi connectivity index (χ1) is 10.5. The van der Waals surface area contributed by atoms with E-state index in [9.17, 15) is 19.8 Å². The lowest BCUT2D eigenvalue weighted by atomic mass is 9.82. The van der Waals surface area contributed by atoms with Gasteiger partial charge in [-0.2, -0.15) is 0 Å². The smallest absolute Gasteiger partial charge is 0.353 e. The molecule has 8 heteroatoms.